The molecule has 0 aliphatic carbocycles. The minimum atomic E-state index is -1.33. The molecule has 2 unspecified atom stereocenters. The monoisotopic (exact) mass is 288 g/mol. The lowest BCUT2D eigenvalue weighted by Gasteiger charge is -2.39. The molecular weight excluding hydrogens is 268 g/mol. The van der Waals surface area contributed by atoms with Gasteiger partial charge in [0.25, 0.3) is 0 Å². The molecule has 20 heavy (non-hydrogen) atoms. The van der Waals surface area contributed by atoms with Gasteiger partial charge in [-0.1, -0.05) is 0 Å². The molecule has 9 heteroatoms. The molecule has 0 aromatic carbocycles. The fraction of sp³-hybridized carbons (Fsp3) is 0.727. The molecular formula is C11H20N4O5. The zero-order valence-electron chi connectivity index (χ0n) is 11.0. The van der Waals surface area contributed by atoms with Crippen LogP contribution in [-0.2, 0) is 4.74 Å². The first kappa shape index (κ1) is 15.2. The van der Waals surface area contributed by atoms with Crippen molar-refractivity contribution in [1.29, 1.82) is 0 Å². The van der Waals surface area contributed by atoms with Crippen LogP contribution < -0.4 is 16.8 Å². The van der Waals surface area contributed by atoms with Gasteiger partial charge in [-0.25, -0.2) is 4.79 Å². The Morgan fingerprint density at radius 2 is 2.20 bits per heavy atom. The van der Waals surface area contributed by atoms with Crippen molar-refractivity contribution in [2.45, 2.75) is 43.2 Å². The van der Waals surface area contributed by atoms with Crippen molar-refractivity contribution < 1.29 is 24.9 Å². The second-order valence-electron chi connectivity index (χ2n) is 5.10. The minimum Gasteiger partial charge on any atom is -0.394 e. The summed E-state index contributed by atoms with van der Waals surface area (Å²) in [5.41, 5.74) is 10.4. The molecule has 2 aliphatic rings. The molecule has 2 aliphatic heterocycles. The summed E-state index contributed by atoms with van der Waals surface area (Å²) in [5.74, 6) is 0. The molecule has 0 radical (unpaired) electrons. The van der Waals surface area contributed by atoms with E-state index in [1.807, 2.05) is 0 Å². The second-order valence-corrected chi connectivity index (χ2v) is 5.10. The largest absolute Gasteiger partial charge is 0.394 e. The number of hydrogen-bond donors (Lipinski definition) is 6. The predicted octanol–water partition coefficient (Wildman–Crippen LogP) is -3.03. The quantitative estimate of drug-likeness (QED) is 0.323. The third-order valence-electron chi connectivity index (χ3n) is 3.61. The van der Waals surface area contributed by atoms with E-state index in [2.05, 4.69) is 5.32 Å². The number of aliphatic hydroxyl groups is 3. The Hall–Kier alpha value is -1.23. The van der Waals surface area contributed by atoms with Gasteiger partial charge in [0.15, 0.2) is 6.23 Å². The molecule has 0 bridgehead atoms. The van der Waals surface area contributed by atoms with E-state index in [4.69, 9.17) is 21.3 Å². The summed E-state index contributed by atoms with van der Waals surface area (Å²) in [6.07, 6.45) is -1.83. The molecule has 8 N–H and O–H groups in total. The average Bonchev–Trinajstić information content (AvgIpc) is 2.66. The Bertz CT molecular complexity index is 418. The number of carbonyl (C=O) groups excluding carboxylic acids is 1. The van der Waals surface area contributed by atoms with Crippen LogP contribution in [-0.4, -0.2) is 69.1 Å². The molecule has 9 nitrogen and oxygen atoms in total. The molecule has 114 valence electrons. The van der Waals surface area contributed by atoms with Crippen LogP contribution in [0.2, 0.25) is 0 Å². The summed E-state index contributed by atoms with van der Waals surface area (Å²) in [6.45, 7) is 1.18. The highest BCUT2D eigenvalue weighted by molar-refractivity contribution is 5.78. The Morgan fingerprint density at radius 3 is 2.65 bits per heavy atom. The van der Waals surface area contributed by atoms with E-state index >= 15 is 0 Å². The lowest BCUT2D eigenvalue weighted by molar-refractivity contribution is -0.0671. The topological polar surface area (TPSA) is 154 Å². The lowest BCUT2D eigenvalue weighted by atomic mass is 10.0. The molecule has 1 saturated heterocycles. The molecule has 1 fully saturated rings. The van der Waals surface area contributed by atoms with E-state index in [0.29, 0.717) is 0 Å². The number of urea groups is 1. The smallest absolute Gasteiger partial charge is 0.325 e. The maximum atomic E-state index is 12.0. The standard InChI is InChI=1S/C11H20N4O5/c1-5(12)11(13)2-3-15(10(19)14-11)9-8(18)7(17)6(4-16)20-9/h2-3,5-9,16-18H,4,12-13H2,1H3,(H,14,19)/t5?,6-,7-,8-,9-,11?/m1/s1. The van der Waals surface area contributed by atoms with Crippen LogP contribution in [0.4, 0.5) is 4.79 Å². The SMILES string of the molecule is CC(N)C1(N)C=CN([C@@H]2O[C@H](CO)[C@@H](O)[C@H]2O)C(=O)N1. The fourth-order valence-corrected chi connectivity index (χ4v) is 2.14. The number of hydrogen-bond acceptors (Lipinski definition) is 7. The average molecular weight is 288 g/mol. The lowest BCUT2D eigenvalue weighted by Crippen LogP contribution is -2.69. The Balaban J connectivity index is 2.17. The van der Waals surface area contributed by atoms with Crippen LogP contribution in [0.25, 0.3) is 0 Å². The van der Waals surface area contributed by atoms with Gasteiger partial charge < -0.3 is 36.8 Å². The summed E-state index contributed by atoms with van der Waals surface area (Å²) in [6, 6.07) is -1.13. The van der Waals surface area contributed by atoms with Crippen molar-refractivity contribution in [3.63, 3.8) is 0 Å². The summed E-state index contributed by atoms with van der Waals surface area (Å²) in [4.78, 5) is 13.1. The summed E-state index contributed by atoms with van der Waals surface area (Å²) in [5, 5.41) is 31.1. The van der Waals surface area contributed by atoms with E-state index in [9.17, 15) is 15.0 Å². The van der Waals surface area contributed by atoms with Crippen molar-refractivity contribution in [2.75, 3.05) is 6.61 Å². The van der Waals surface area contributed by atoms with Crippen LogP contribution in [0.1, 0.15) is 6.92 Å². The van der Waals surface area contributed by atoms with Gasteiger partial charge in [-0.05, 0) is 13.0 Å². The third kappa shape index (κ3) is 2.39. The number of ether oxygens (including phenoxy) is 1. The highest BCUT2D eigenvalue weighted by Gasteiger charge is 2.48. The van der Waals surface area contributed by atoms with Crippen molar-refractivity contribution >= 4 is 6.03 Å². The molecule has 2 rings (SSSR count). The number of amides is 2. The van der Waals surface area contributed by atoms with Crippen molar-refractivity contribution in [3.05, 3.63) is 12.3 Å². The highest BCUT2D eigenvalue weighted by Crippen LogP contribution is 2.26. The van der Waals surface area contributed by atoms with E-state index in [-0.39, 0.29) is 0 Å². The normalized spacial score (nSPS) is 42.7. The van der Waals surface area contributed by atoms with Gasteiger partial charge in [0.05, 0.1) is 6.61 Å². The maximum Gasteiger partial charge on any atom is 0.325 e. The first-order valence-corrected chi connectivity index (χ1v) is 6.27. The molecule has 0 saturated carbocycles. The predicted molar refractivity (Wildman–Crippen MR) is 67.8 cm³/mol. The molecule has 0 aromatic rings. The van der Waals surface area contributed by atoms with E-state index in [1.165, 1.54) is 12.3 Å². The number of rotatable bonds is 3. The summed E-state index contributed by atoms with van der Waals surface area (Å²) < 4.78 is 5.27. The van der Waals surface area contributed by atoms with E-state index < -0.39 is 48.9 Å². The number of aliphatic hydroxyl groups excluding tert-OH is 3. The zero-order valence-corrected chi connectivity index (χ0v) is 11.0. The highest BCUT2D eigenvalue weighted by atomic mass is 16.6. The summed E-state index contributed by atoms with van der Waals surface area (Å²) >= 11 is 0. The maximum absolute atomic E-state index is 12.0. The Labute approximate surface area is 115 Å². The van der Waals surface area contributed by atoms with Crippen LogP contribution >= 0.6 is 0 Å². The van der Waals surface area contributed by atoms with Crippen molar-refractivity contribution in [3.8, 4) is 0 Å². The Kier molecular flexibility index (Phi) is 4.00. The van der Waals surface area contributed by atoms with Gasteiger partial charge >= 0.3 is 6.03 Å². The number of nitrogens with two attached hydrogens (primary N) is 2. The molecule has 0 spiro atoms. The molecule has 2 heterocycles. The third-order valence-corrected chi connectivity index (χ3v) is 3.61. The van der Waals surface area contributed by atoms with Crippen LogP contribution in [0.5, 0.6) is 0 Å². The second kappa shape index (κ2) is 5.28. The first-order chi connectivity index (χ1) is 9.30. The van der Waals surface area contributed by atoms with Gasteiger partial charge in [0.1, 0.15) is 24.0 Å². The zero-order chi connectivity index (χ0) is 15.1. The van der Waals surface area contributed by atoms with Gasteiger partial charge in [0, 0.05) is 12.2 Å². The number of nitrogens with zero attached hydrogens (tertiary/aromatic N) is 1. The fourth-order valence-electron chi connectivity index (χ4n) is 2.14. The van der Waals surface area contributed by atoms with Crippen LogP contribution in [0, 0.1) is 0 Å². The molecule has 0 aromatic heterocycles. The van der Waals surface area contributed by atoms with Gasteiger partial charge in [0.2, 0.25) is 0 Å². The van der Waals surface area contributed by atoms with Gasteiger partial charge in [-0.3, -0.25) is 4.90 Å². The van der Waals surface area contributed by atoms with Gasteiger partial charge in [-0.2, -0.15) is 0 Å². The van der Waals surface area contributed by atoms with Crippen LogP contribution in [0.3, 0.4) is 0 Å². The first-order valence-electron chi connectivity index (χ1n) is 6.27. The minimum absolute atomic E-state index is 0.464. The van der Waals surface area contributed by atoms with E-state index in [1.54, 1.807) is 6.92 Å². The van der Waals surface area contributed by atoms with E-state index in [0.717, 1.165) is 4.90 Å². The summed E-state index contributed by atoms with van der Waals surface area (Å²) in [7, 11) is 0. The molecule has 2 amide bonds. The van der Waals surface area contributed by atoms with Crippen LogP contribution in [0.15, 0.2) is 12.3 Å². The van der Waals surface area contributed by atoms with Crippen molar-refractivity contribution in [1.82, 2.24) is 10.2 Å². The molecule has 6 atom stereocenters. The van der Waals surface area contributed by atoms with Crippen molar-refractivity contribution in [2.24, 2.45) is 11.5 Å². The Morgan fingerprint density at radius 1 is 1.55 bits per heavy atom. The number of carbonyl (C=O) groups is 1. The number of nitrogens with one attached hydrogen (secondary N) is 1. The van der Waals surface area contributed by atoms with Gasteiger partial charge in [-0.15, -0.1) is 0 Å².